The summed E-state index contributed by atoms with van der Waals surface area (Å²) in [5, 5.41) is 8.31. The topological polar surface area (TPSA) is 50.4 Å². The molecule has 1 heterocycles. The van der Waals surface area contributed by atoms with Crippen LogP contribution in [0, 0.1) is 0 Å². The van der Waals surface area contributed by atoms with Gasteiger partial charge >= 0.3 is 0 Å². The summed E-state index contributed by atoms with van der Waals surface area (Å²) in [6, 6.07) is 2.31. The number of methoxy groups -OCH3 is 1. The minimum atomic E-state index is -0.0309. The van der Waals surface area contributed by atoms with E-state index in [0.717, 1.165) is 30.0 Å². The molecule has 0 saturated carbocycles. The third-order valence-corrected chi connectivity index (χ3v) is 3.53. The zero-order valence-corrected chi connectivity index (χ0v) is 12.1. The van der Waals surface area contributed by atoms with E-state index in [2.05, 4.69) is 17.6 Å². The van der Waals surface area contributed by atoms with Crippen molar-refractivity contribution in [3.8, 4) is 0 Å². The molecule has 2 N–H and O–H groups in total. The lowest BCUT2D eigenvalue weighted by Crippen LogP contribution is -2.32. The minimum absolute atomic E-state index is 0.0309. The number of ether oxygens (including phenoxy) is 1. The molecule has 0 aliphatic heterocycles. The zero-order valence-electron chi connectivity index (χ0n) is 11.3. The van der Waals surface area contributed by atoms with E-state index in [4.69, 9.17) is 4.74 Å². The standard InChI is InChI=1S/C13H22N2O2S/c1-4-5-11(9-17-3)14-8-13-12(6-7-18-13)15-10(2)16/h6-7,11,14H,4-5,8-9H2,1-3H3,(H,15,16). The van der Waals surface area contributed by atoms with Crippen molar-refractivity contribution in [1.82, 2.24) is 5.32 Å². The van der Waals surface area contributed by atoms with Crippen molar-refractivity contribution in [2.45, 2.75) is 39.3 Å². The normalized spacial score (nSPS) is 12.4. The van der Waals surface area contributed by atoms with E-state index in [1.165, 1.54) is 6.92 Å². The van der Waals surface area contributed by atoms with Gasteiger partial charge in [0.2, 0.25) is 5.91 Å². The van der Waals surface area contributed by atoms with Gasteiger partial charge in [-0.2, -0.15) is 0 Å². The Bertz CT molecular complexity index is 360. The molecule has 4 nitrogen and oxygen atoms in total. The van der Waals surface area contributed by atoms with Gasteiger partial charge in [0.15, 0.2) is 0 Å². The van der Waals surface area contributed by atoms with Gasteiger partial charge in [0.05, 0.1) is 12.3 Å². The van der Waals surface area contributed by atoms with Crippen LogP contribution in [0.2, 0.25) is 0 Å². The minimum Gasteiger partial charge on any atom is -0.383 e. The molecule has 0 aromatic carbocycles. The van der Waals surface area contributed by atoms with Crippen LogP contribution in [0.3, 0.4) is 0 Å². The lowest BCUT2D eigenvalue weighted by molar-refractivity contribution is -0.114. The van der Waals surface area contributed by atoms with Gasteiger partial charge in [-0.25, -0.2) is 0 Å². The molecular weight excluding hydrogens is 248 g/mol. The molecule has 0 aliphatic carbocycles. The van der Waals surface area contributed by atoms with Gasteiger partial charge in [-0.05, 0) is 17.9 Å². The van der Waals surface area contributed by atoms with Crippen LogP contribution in [-0.2, 0) is 16.1 Å². The van der Waals surface area contributed by atoms with Gasteiger partial charge in [-0.1, -0.05) is 13.3 Å². The third kappa shape index (κ3) is 5.16. The van der Waals surface area contributed by atoms with E-state index < -0.39 is 0 Å². The molecule has 0 saturated heterocycles. The van der Waals surface area contributed by atoms with Crippen molar-refractivity contribution in [3.05, 3.63) is 16.3 Å². The number of anilines is 1. The van der Waals surface area contributed by atoms with Crippen molar-refractivity contribution < 1.29 is 9.53 Å². The largest absolute Gasteiger partial charge is 0.383 e. The second kappa shape index (κ2) is 8.24. The maximum absolute atomic E-state index is 11.1. The summed E-state index contributed by atoms with van der Waals surface area (Å²) in [6.45, 7) is 5.17. The molecule has 1 unspecified atom stereocenters. The van der Waals surface area contributed by atoms with Crippen LogP contribution in [0.4, 0.5) is 5.69 Å². The van der Waals surface area contributed by atoms with Crippen LogP contribution in [0.25, 0.3) is 0 Å². The predicted molar refractivity (Wildman–Crippen MR) is 76.0 cm³/mol. The van der Waals surface area contributed by atoms with Crippen molar-refractivity contribution in [3.63, 3.8) is 0 Å². The van der Waals surface area contributed by atoms with Gasteiger partial charge in [-0.15, -0.1) is 11.3 Å². The molecule has 1 atom stereocenters. The summed E-state index contributed by atoms with van der Waals surface area (Å²) in [5.74, 6) is -0.0309. The van der Waals surface area contributed by atoms with Crippen LogP contribution in [0.5, 0.6) is 0 Å². The van der Waals surface area contributed by atoms with E-state index in [0.29, 0.717) is 12.6 Å². The van der Waals surface area contributed by atoms with Gasteiger partial charge < -0.3 is 15.4 Å². The van der Waals surface area contributed by atoms with E-state index in [9.17, 15) is 4.79 Å². The smallest absolute Gasteiger partial charge is 0.221 e. The second-order valence-electron chi connectivity index (χ2n) is 4.26. The summed E-state index contributed by atoms with van der Waals surface area (Å²) < 4.78 is 5.19. The van der Waals surface area contributed by atoms with E-state index in [1.807, 2.05) is 11.4 Å². The Morgan fingerprint density at radius 1 is 1.56 bits per heavy atom. The fraction of sp³-hybridized carbons (Fsp3) is 0.615. The fourth-order valence-corrected chi connectivity index (χ4v) is 2.59. The first-order chi connectivity index (χ1) is 8.67. The number of hydrogen-bond donors (Lipinski definition) is 2. The molecule has 0 fully saturated rings. The van der Waals surface area contributed by atoms with Crippen molar-refractivity contribution in [2.75, 3.05) is 19.0 Å². The predicted octanol–water partition coefficient (Wildman–Crippen LogP) is 2.61. The number of rotatable bonds is 8. The monoisotopic (exact) mass is 270 g/mol. The third-order valence-electron chi connectivity index (χ3n) is 2.61. The molecule has 1 amide bonds. The van der Waals surface area contributed by atoms with Crippen LogP contribution >= 0.6 is 11.3 Å². The molecule has 1 rings (SSSR count). The zero-order chi connectivity index (χ0) is 13.4. The number of nitrogens with one attached hydrogen (secondary N) is 2. The van der Waals surface area contributed by atoms with Gasteiger partial charge in [0.1, 0.15) is 0 Å². The highest BCUT2D eigenvalue weighted by molar-refractivity contribution is 7.10. The summed E-state index contributed by atoms with van der Waals surface area (Å²) in [6.07, 6.45) is 2.22. The molecule has 0 radical (unpaired) electrons. The van der Waals surface area contributed by atoms with Gasteiger partial charge in [0.25, 0.3) is 0 Å². The number of thiophene rings is 1. The van der Waals surface area contributed by atoms with Crippen LogP contribution in [0.1, 0.15) is 31.6 Å². The molecule has 5 heteroatoms. The Morgan fingerprint density at radius 2 is 2.33 bits per heavy atom. The van der Waals surface area contributed by atoms with Crippen LogP contribution in [0.15, 0.2) is 11.4 Å². The van der Waals surface area contributed by atoms with E-state index >= 15 is 0 Å². The second-order valence-corrected chi connectivity index (χ2v) is 5.26. The average molecular weight is 270 g/mol. The Morgan fingerprint density at radius 3 is 2.94 bits per heavy atom. The SMILES string of the molecule is CCCC(COC)NCc1sccc1NC(C)=O. The van der Waals surface area contributed by atoms with Crippen LogP contribution in [-0.4, -0.2) is 25.7 Å². The molecule has 0 bridgehead atoms. The average Bonchev–Trinajstić information content (AvgIpc) is 2.73. The number of carbonyl (C=O) groups excluding carboxylic acids is 1. The number of hydrogen-bond acceptors (Lipinski definition) is 4. The Kier molecular flexibility index (Phi) is 6.93. The van der Waals surface area contributed by atoms with E-state index in [-0.39, 0.29) is 5.91 Å². The summed E-state index contributed by atoms with van der Waals surface area (Å²) in [5.41, 5.74) is 0.910. The highest BCUT2D eigenvalue weighted by Gasteiger charge is 2.10. The molecular formula is C13H22N2O2S. The first-order valence-electron chi connectivity index (χ1n) is 6.23. The van der Waals surface area contributed by atoms with Crippen molar-refractivity contribution in [1.29, 1.82) is 0 Å². The first kappa shape index (κ1) is 15.1. The molecule has 0 aliphatic rings. The number of carbonyl (C=O) groups is 1. The first-order valence-corrected chi connectivity index (χ1v) is 7.11. The molecule has 102 valence electrons. The lowest BCUT2D eigenvalue weighted by atomic mass is 10.2. The highest BCUT2D eigenvalue weighted by Crippen LogP contribution is 2.22. The summed E-state index contributed by atoms with van der Waals surface area (Å²) in [4.78, 5) is 12.2. The summed E-state index contributed by atoms with van der Waals surface area (Å²) >= 11 is 1.65. The van der Waals surface area contributed by atoms with Gasteiger partial charge in [0, 0.05) is 31.5 Å². The fourth-order valence-electron chi connectivity index (χ4n) is 1.81. The Balaban J connectivity index is 2.50. The lowest BCUT2D eigenvalue weighted by Gasteiger charge is -2.17. The summed E-state index contributed by atoms with van der Waals surface area (Å²) in [7, 11) is 1.72. The van der Waals surface area contributed by atoms with Crippen molar-refractivity contribution in [2.24, 2.45) is 0 Å². The van der Waals surface area contributed by atoms with Crippen LogP contribution < -0.4 is 10.6 Å². The molecule has 18 heavy (non-hydrogen) atoms. The Labute approximate surface area is 113 Å². The van der Waals surface area contributed by atoms with Crippen molar-refractivity contribution >= 4 is 22.9 Å². The maximum Gasteiger partial charge on any atom is 0.221 e. The highest BCUT2D eigenvalue weighted by atomic mass is 32.1. The molecule has 1 aromatic heterocycles. The van der Waals surface area contributed by atoms with E-state index in [1.54, 1.807) is 18.4 Å². The maximum atomic E-state index is 11.1. The molecule has 1 aromatic rings. The number of amides is 1. The Hall–Kier alpha value is -0.910. The molecule has 0 spiro atoms. The van der Waals surface area contributed by atoms with Gasteiger partial charge in [-0.3, -0.25) is 4.79 Å². The quantitative estimate of drug-likeness (QED) is 0.763.